The summed E-state index contributed by atoms with van der Waals surface area (Å²) in [5.41, 5.74) is 0. The van der Waals surface area contributed by atoms with Crippen LogP contribution >= 0.6 is 11.6 Å². The average Bonchev–Trinajstić information content (AvgIpc) is 2.73. The summed E-state index contributed by atoms with van der Waals surface area (Å²) in [5, 5.41) is -0.810. The maximum Gasteiger partial charge on any atom is 0.217 e. The van der Waals surface area contributed by atoms with Crippen LogP contribution in [0.4, 0.5) is 8.78 Å². The number of halogens is 3. The third-order valence-electron chi connectivity index (χ3n) is 7.63. The van der Waals surface area contributed by atoms with Crippen LogP contribution in [0.5, 0.6) is 0 Å². The van der Waals surface area contributed by atoms with Crippen LogP contribution in [0, 0.1) is 5.92 Å². The van der Waals surface area contributed by atoms with Crippen LogP contribution < -0.4 is 0 Å². The van der Waals surface area contributed by atoms with Gasteiger partial charge in [-0.05, 0) is 77.0 Å². The first kappa shape index (κ1) is 24.1. The molecule has 0 spiro atoms. The predicted octanol–water partition coefficient (Wildman–Crippen LogP) is 4.37. The summed E-state index contributed by atoms with van der Waals surface area (Å²) in [4.78, 5) is 0. The molecule has 0 aromatic rings. The molecule has 1 aliphatic heterocycles. The van der Waals surface area contributed by atoms with Gasteiger partial charge in [0.15, 0.2) is 0 Å². The Morgan fingerprint density at radius 2 is 1.81 bits per heavy atom. The summed E-state index contributed by atoms with van der Waals surface area (Å²) in [6.45, 7) is 2.65. The molecule has 6 unspecified atom stereocenters. The number of hydrogen-bond acceptors (Lipinski definition) is 4. The molecule has 1 heterocycles. The number of sulfonamides is 1. The quantitative estimate of drug-likeness (QED) is 0.545. The van der Waals surface area contributed by atoms with Gasteiger partial charge in [0.05, 0.1) is 35.5 Å². The van der Waals surface area contributed by atoms with Crippen LogP contribution in [0.2, 0.25) is 0 Å². The van der Waals surface area contributed by atoms with Gasteiger partial charge in [-0.1, -0.05) is 0 Å². The van der Waals surface area contributed by atoms with Crippen molar-refractivity contribution in [2.75, 3.05) is 13.2 Å². The Kier molecular flexibility index (Phi) is 7.84. The Hall–Kier alpha value is -0.0200. The van der Waals surface area contributed by atoms with Gasteiger partial charge in [0.2, 0.25) is 10.0 Å². The van der Waals surface area contributed by atoms with Crippen LogP contribution in [0.1, 0.15) is 71.1 Å². The normalized spacial score (nSPS) is 45.2. The van der Waals surface area contributed by atoms with Gasteiger partial charge in [-0.2, -0.15) is 4.31 Å². The Bertz CT molecular complexity index is 696. The highest BCUT2D eigenvalue weighted by Gasteiger charge is 2.47. The van der Waals surface area contributed by atoms with Gasteiger partial charge in [0.1, 0.15) is 18.4 Å². The summed E-state index contributed by atoms with van der Waals surface area (Å²) in [6, 6.07) is -0.231. The summed E-state index contributed by atoms with van der Waals surface area (Å²) in [5.74, 6) is 0.149. The molecule has 3 aliphatic carbocycles. The minimum absolute atomic E-state index is 0.128. The first-order chi connectivity index (χ1) is 14.8. The molecule has 0 bridgehead atoms. The van der Waals surface area contributed by atoms with Crippen molar-refractivity contribution in [3.8, 4) is 0 Å². The van der Waals surface area contributed by atoms with Crippen molar-refractivity contribution in [3.05, 3.63) is 0 Å². The van der Waals surface area contributed by atoms with Gasteiger partial charge in [-0.25, -0.2) is 17.2 Å². The molecule has 31 heavy (non-hydrogen) atoms. The molecule has 0 aromatic carbocycles. The molecule has 5 nitrogen and oxygen atoms in total. The largest absolute Gasteiger partial charge is 0.373 e. The zero-order chi connectivity index (χ0) is 22.2. The number of hydrogen-bond donors (Lipinski definition) is 0. The Balaban J connectivity index is 1.42. The monoisotopic (exact) mass is 483 g/mol. The summed E-state index contributed by atoms with van der Waals surface area (Å²) in [6.07, 6.45) is 2.94. The van der Waals surface area contributed by atoms with E-state index >= 15 is 0 Å². The van der Waals surface area contributed by atoms with Gasteiger partial charge in [0.25, 0.3) is 0 Å². The fourth-order valence-electron chi connectivity index (χ4n) is 5.87. The van der Waals surface area contributed by atoms with E-state index in [1.807, 2.05) is 6.92 Å². The number of nitrogens with zero attached hydrogens (tertiary/aromatic N) is 1. The fraction of sp³-hybridized carbons (Fsp3) is 1.00. The van der Waals surface area contributed by atoms with E-state index in [2.05, 4.69) is 0 Å². The van der Waals surface area contributed by atoms with Crippen molar-refractivity contribution in [2.45, 2.75) is 118 Å². The highest BCUT2D eigenvalue weighted by molar-refractivity contribution is 7.89. The molecule has 180 valence electrons. The lowest BCUT2D eigenvalue weighted by Gasteiger charge is -2.48. The van der Waals surface area contributed by atoms with Crippen molar-refractivity contribution < 1.29 is 26.7 Å². The van der Waals surface area contributed by atoms with E-state index < -0.39 is 33.7 Å². The number of rotatable bonds is 5. The fourth-order valence-corrected chi connectivity index (χ4v) is 8.52. The minimum atomic E-state index is -3.52. The number of fused-ring (bicyclic) bond motifs is 1. The molecule has 4 fully saturated rings. The summed E-state index contributed by atoms with van der Waals surface area (Å²) >= 11 is 6.30. The number of morpholine rings is 1. The molecule has 7 atom stereocenters. The van der Waals surface area contributed by atoms with E-state index in [1.54, 1.807) is 4.31 Å². The van der Waals surface area contributed by atoms with E-state index in [1.165, 1.54) is 0 Å². The molecular weight excluding hydrogens is 448 g/mol. The van der Waals surface area contributed by atoms with Crippen LogP contribution in [0.15, 0.2) is 0 Å². The van der Waals surface area contributed by atoms with Crippen LogP contribution in [0.3, 0.4) is 0 Å². The molecule has 4 aliphatic rings. The molecule has 9 heteroatoms. The Morgan fingerprint density at radius 3 is 2.52 bits per heavy atom. The molecule has 0 radical (unpaired) electrons. The lowest BCUT2D eigenvalue weighted by Crippen LogP contribution is -2.60. The Morgan fingerprint density at radius 1 is 1.06 bits per heavy atom. The van der Waals surface area contributed by atoms with Crippen molar-refractivity contribution in [3.63, 3.8) is 0 Å². The number of alkyl halides is 3. The lowest BCUT2D eigenvalue weighted by molar-refractivity contribution is -0.118. The third kappa shape index (κ3) is 5.39. The average molecular weight is 484 g/mol. The van der Waals surface area contributed by atoms with Gasteiger partial charge >= 0.3 is 0 Å². The molecule has 1 saturated heterocycles. The van der Waals surface area contributed by atoms with E-state index in [0.717, 1.165) is 25.7 Å². The lowest BCUT2D eigenvalue weighted by atomic mass is 9.83. The smallest absolute Gasteiger partial charge is 0.217 e. The molecule has 3 saturated carbocycles. The van der Waals surface area contributed by atoms with Crippen molar-refractivity contribution in [2.24, 2.45) is 5.92 Å². The van der Waals surface area contributed by atoms with E-state index in [9.17, 15) is 17.2 Å². The molecule has 0 aromatic heterocycles. The first-order valence-corrected chi connectivity index (χ1v) is 13.9. The second-order valence-corrected chi connectivity index (χ2v) is 12.7. The summed E-state index contributed by atoms with van der Waals surface area (Å²) < 4.78 is 68.6. The summed E-state index contributed by atoms with van der Waals surface area (Å²) in [7, 11) is -3.52. The van der Waals surface area contributed by atoms with E-state index in [-0.39, 0.29) is 29.5 Å². The van der Waals surface area contributed by atoms with Crippen molar-refractivity contribution in [1.29, 1.82) is 0 Å². The molecule has 0 amide bonds. The molecular formula is C22H36ClF2NO4S. The van der Waals surface area contributed by atoms with Gasteiger partial charge in [-0.15, -0.1) is 11.6 Å². The number of ether oxygens (including phenoxy) is 2. The topological polar surface area (TPSA) is 55.8 Å². The third-order valence-corrected chi connectivity index (χ3v) is 10.5. The second-order valence-electron chi connectivity index (χ2n) is 9.98. The zero-order valence-electron chi connectivity index (χ0n) is 18.3. The molecule has 0 N–H and O–H groups in total. The minimum Gasteiger partial charge on any atom is -0.373 e. The van der Waals surface area contributed by atoms with Gasteiger partial charge in [-0.3, -0.25) is 0 Å². The second kappa shape index (κ2) is 10.1. The predicted molar refractivity (Wildman–Crippen MR) is 116 cm³/mol. The van der Waals surface area contributed by atoms with Crippen molar-refractivity contribution >= 4 is 21.6 Å². The van der Waals surface area contributed by atoms with E-state index in [0.29, 0.717) is 51.7 Å². The first-order valence-electron chi connectivity index (χ1n) is 12.0. The van der Waals surface area contributed by atoms with Crippen LogP contribution in [-0.4, -0.2) is 73.2 Å². The maximum atomic E-state index is 14.3. The highest BCUT2D eigenvalue weighted by Crippen LogP contribution is 2.39. The van der Waals surface area contributed by atoms with Gasteiger partial charge in [0, 0.05) is 6.54 Å². The highest BCUT2D eigenvalue weighted by atomic mass is 35.5. The van der Waals surface area contributed by atoms with E-state index in [4.69, 9.17) is 21.1 Å². The molecule has 4 rings (SSSR count). The standard InChI is InChI=1S/C22H36ClF2NO4S/c1-14-12-26(31(27,28)17-8-6-16(24)7-9-17)20-11-15(5-10-21(20)30-14)13-29-22-18(23)3-2-4-19(22)25/h14-22H,2-13H2,1H3/t14-,15?,16?,17?,18?,19?,20?,21?,22?/m0/s1. The SMILES string of the molecule is C[C@H]1CN(S(=O)(=O)C2CCC(F)CC2)C2CC(COC3C(F)CCCC3Cl)CCC2O1. The van der Waals surface area contributed by atoms with Crippen LogP contribution in [-0.2, 0) is 19.5 Å². The van der Waals surface area contributed by atoms with Gasteiger partial charge < -0.3 is 9.47 Å². The Labute approximate surface area is 190 Å². The maximum absolute atomic E-state index is 14.3. The van der Waals surface area contributed by atoms with Crippen LogP contribution in [0.25, 0.3) is 0 Å². The van der Waals surface area contributed by atoms with Crippen molar-refractivity contribution in [1.82, 2.24) is 4.31 Å². The zero-order valence-corrected chi connectivity index (χ0v) is 19.9.